The second-order valence-electron chi connectivity index (χ2n) is 5.98. The summed E-state index contributed by atoms with van der Waals surface area (Å²) in [5.74, 6) is 0.0954. The average molecular weight is 319 g/mol. The lowest BCUT2D eigenvalue weighted by molar-refractivity contribution is -0.121. The van der Waals surface area contributed by atoms with Crippen molar-refractivity contribution in [3.63, 3.8) is 0 Å². The molecule has 0 radical (unpaired) electrons. The molecule has 1 atom stereocenters. The normalized spacial score (nSPS) is 12.7. The zero-order valence-electron chi connectivity index (χ0n) is 15.6. The Hall–Kier alpha value is -1.39. The van der Waals surface area contributed by atoms with Gasteiger partial charge in [-0.05, 0) is 51.2 Å². The minimum Gasteiger partial charge on any atom is -0.324 e. The zero-order chi connectivity index (χ0) is 17.4. The Bertz CT molecular complexity index is 473. The molecule has 1 unspecified atom stereocenters. The van der Waals surface area contributed by atoms with Crippen molar-refractivity contribution in [1.82, 2.24) is 9.80 Å². The number of rotatable bonds is 9. The minimum absolute atomic E-state index is 0.0954. The highest BCUT2D eigenvalue weighted by molar-refractivity contribution is 5.96. The second-order valence-corrected chi connectivity index (χ2v) is 5.98. The van der Waals surface area contributed by atoms with Crippen LogP contribution in [0.15, 0.2) is 18.2 Å². The summed E-state index contributed by atoms with van der Waals surface area (Å²) >= 11 is 0. The summed E-state index contributed by atoms with van der Waals surface area (Å²) in [5, 5.41) is 3.17. The van der Waals surface area contributed by atoms with E-state index in [9.17, 15) is 4.79 Å². The van der Waals surface area contributed by atoms with Crippen molar-refractivity contribution in [2.75, 3.05) is 38.0 Å². The van der Waals surface area contributed by atoms with Crippen LogP contribution in [0.5, 0.6) is 0 Å². The van der Waals surface area contributed by atoms with E-state index in [1.54, 1.807) is 0 Å². The predicted molar refractivity (Wildman–Crippen MR) is 99.0 cm³/mol. The third-order valence-corrected chi connectivity index (χ3v) is 4.61. The summed E-state index contributed by atoms with van der Waals surface area (Å²) in [5.41, 5.74) is 3.17. The predicted octanol–water partition coefficient (Wildman–Crippen LogP) is 3.29. The smallest absolute Gasteiger partial charge is 0.243 e. The average Bonchev–Trinajstić information content (AvgIpc) is 2.55. The molecule has 4 nitrogen and oxygen atoms in total. The molecule has 0 aromatic heterocycles. The van der Waals surface area contributed by atoms with Gasteiger partial charge in [0.2, 0.25) is 5.91 Å². The molecule has 4 heteroatoms. The largest absolute Gasteiger partial charge is 0.324 e. The molecule has 0 saturated carbocycles. The summed E-state index contributed by atoms with van der Waals surface area (Å²) in [6, 6.07) is 5.99. The van der Waals surface area contributed by atoms with Crippen LogP contribution in [-0.2, 0) is 4.79 Å². The van der Waals surface area contributed by atoms with Gasteiger partial charge in [0.15, 0.2) is 0 Å². The van der Waals surface area contributed by atoms with Crippen LogP contribution in [0.2, 0.25) is 0 Å². The van der Waals surface area contributed by atoms with Crippen LogP contribution in [0.1, 0.15) is 38.8 Å². The van der Waals surface area contributed by atoms with Crippen molar-refractivity contribution < 1.29 is 4.79 Å². The highest BCUT2D eigenvalue weighted by Gasteiger charge is 2.26. The summed E-state index contributed by atoms with van der Waals surface area (Å²) in [4.78, 5) is 17.5. The molecule has 0 heterocycles. The van der Waals surface area contributed by atoms with Gasteiger partial charge < -0.3 is 10.2 Å². The second kappa shape index (κ2) is 9.68. The summed E-state index contributed by atoms with van der Waals surface area (Å²) in [6.45, 7) is 17.1. The Balaban J connectivity index is 2.98. The van der Waals surface area contributed by atoms with Crippen LogP contribution in [0.25, 0.3) is 0 Å². The fraction of sp³-hybridized carbons (Fsp3) is 0.632. The monoisotopic (exact) mass is 319 g/mol. The number of nitrogens with one attached hydrogen (secondary N) is 1. The van der Waals surface area contributed by atoms with Gasteiger partial charge in [-0.2, -0.15) is 0 Å². The number of amides is 1. The Labute approximate surface area is 141 Å². The van der Waals surface area contributed by atoms with Crippen LogP contribution in [0, 0.1) is 13.8 Å². The third-order valence-electron chi connectivity index (χ3n) is 4.61. The molecule has 23 heavy (non-hydrogen) atoms. The van der Waals surface area contributed by atoms with Gasteiger partial charge >= 0.3 is 0 Å². The van der Waals surface area contributed by atoms with Gasteiger partial charge in [-0.15, -0.1) is 0 Å². The van der Waals surface area contributed by atoms with E-state index in [1.165, 1.54) is 0 Å². The molecule has 1 rings (SSSR count). The molecular weight excluding hydrogens is 286 g/mol. The van der Waals surface area contributed by atoms with Crippen LogP contribution in [0.4, 0.5) is 5.69 Å². The molecule has 0 spiro atoms. The molecule has 0 aliphatic rings. The summed E-state index contributed by atoms with van der Waals surface area (Å²) in [7, 11) is 0. The van der Waals surface area contributed by atoms with Gasteiger partial charge in [-0.3, -0.25) is 9.69 Å². The molecule has 0 aliphatic carbocycles. The number of hydrogen-bond donors (Lipinski definition) is 1. The van der Waals surface area contributed by atoms with E-state index in [1.807, 2.05) is 32.0 Å². The van der Waals surface area contributed by atoms with Crippen molar-refractivity contribution in [2.24, 2.45) is 0 Å². The molecule has 1 N–H and O–H groups in total. The Morgan fingerprint density at radius 2 is 1.52 bits per heavy atom. The minimum atomic E-state index is -0.121. The molecule has 0 bridgehead atoms. The standard InChI is InChI=1S/C19H33N3O/c1-7-21(8-2)14-17(22(9-3)10-4)19(23)20-18-15(5)12-11-13-16(18)6/h11-13,17H,7-10,14H2,1-6H3,(H,20,23). The van der Waals surface area contributed by atoms with E-state index in [0.29, 0.717) is 0 Å². The van der Waals surface area contributed by atoms with Crippen molar-refractivity contribution >= 4 is 11.6 Å². The maximum atomic E-state index is 13.0. The van der Waals surface area contributed by atoms with Crippen LogP contribution >= 0.6 is 0 Å². The van der Waals surface area contributed by atoms with E-state index < -0.39 is 0 Å². The summed E-state index contributed by atoms with van der Waals surface area (Å²) < 4.78 is 0. The molecule has 0 aliphatic heterocycles. The Morgan fingerprint density at radius 3 is 1.96 bits per heavy atom. The number of benzene rings is 1. The number of anilines is 1. The van der Waals surface area contributed by atoms with E-state index in [2.05, 4.69) is 42.8 Å². The number of aryl methyl sites for hydroxylation is 2. The van der Waals surface area contributed by atoms with Gasteiger partial charge in [-0.1, -0.05) is 45.9 Å². The quantitative estimate of drug-likeness (QED) is 0.758. The van der Waals surface area contributed by atoms with Crippen molar-refractivity contribution in [1.29, 1.82) is 0 Å². The molecule has 1 amide bonds. The molecular formula is C19H33N3O. The third kappa shape index (κ3) is 5.33. The summed E-state index contributed by atoms with van der Waals surface area (Å²) in [6.07, 6.45) is 0. The first-order valence-corrected chi connectivity index (χ1v) is 8.81. The van der Waals surface area contributed by atoms with Gasteiger partial charge in [0.25, 0.3) is 0 Å². The fourth-order valence-electron chi connectivity index (χ4n) is 2.97. The zero-order valence-corrected chi connectivity index (χ0v) is 15.6. The molecule has 0 fully saturated rings. The molecule has 1 aromatic rings. The lowest BCUT2D eigenvalue weighted by Crippen LogP contribution is -2.50. The fourth-order valence-corrected chi connectivity index (χ4v) is 2.97. The maximum Gasteiger partial charge on any atom is 0.243 e. The van der Waals surface area contributed by atoms with E-state index >= 15 is 0 Å². The van der Waals surface area contributed by atoms with E-state index in [4.69, 9.17) is 0 Å². The van der Waals surface area contributed by atoms with Crippen LogP contribution in [0.3, 0.4) is 0 Å². The number of carbonyl (C=O) groups excluding carboxylic acids is 1. The van der Waals surface area contributed by atoms with E-state index in [-0.39, 0.29) is 11.9 Å². The van der Waals surface area contributed by atoms with Gasteiger partial charge in [0.1, 0.15) is 6.04 Å². The van der Waals surface area contributed by atoms with Crippen LogP contribution < -0.4 is 5.32 Å². The van der Waals surface area contributed by atoms with Crippen molar-refractivity contribution in [3.05, 3.63) is 29.3 Å². The lowest BCUT2D eigenvalue weighted by atomic mass is 10.1. The highest BCUT2D eigenvalue weighted by atomic mass is 16.2. The number of nitrogens with zero attached hydrogens (tertiary/aromatic N) is 2. The van der Waals surface area contributed by atoms with E-state index in [0.717, 1.165) is 49.5 Å². The number of likely N-dealkylation sites (N-methyl/N-ethyl adjacent to an activating group) is 2. The SMILES string of the molecule is CCN(CC)CC(C(=O)Nc1c(C)cccc1C)N(CC)CC. The van der Waals surface area contributed by atoms with Gasteiger partial charge in [-0.25, -0.2) is 0 Å². The Kier molecular flexibility index (Phi) is 8.28. The molecule has 0 saturated heterocycles. The number of para-hydroxylation sites is 1. The maximum absolute atomic E-state index is 13.0. The number of carbonyl (C=O) groups is 1. The van der Waals surface area contributed by atoms with Gasteiger partial charge in [0, 0.05) is 12.2 Å². The Morgan fingerprint density at radius 1 is 1.00 bits per heavy atom. The van der Waals surface area contributed by atoms with Crippen molar-refractivity contribution in [3.8, 4) is 0 Å². The highest BCUT2D eigenvalue weighted by Crippen LogP contribution is 2.20. The first kappa shape index (κ1) is 19.7. The van der Waals surface area contributed by atoms with Gasteiger partial charge in [0.05, 0.1) is 0 Å². The van der Waals surface area contributed by atoms with Crippen molar-refractivity contribution in [2.45, 2.75) is 47.6 Å². The number of hydrogen-bond acceptors (Lipinski definition) is 3. The first-order chi connectivity index (χ1) is 11.0. The topological polar surface area (TPSA) is 35.6 Å². The first-order valence-electron chi connectivity index (χ1n) is 8.81. The van der Waals surface area contributed by atoms with Crippen LogP contribution in [-0.4, -0.2) is 54.5 Å². The molecule has 1 aromatic carbocycles. The lowest BCUT2D eigenvalue weighted by Gasteiger charge is -2.33. The molecule has 130 valence electrons.